The number of nitrogens with one attached hydrogen (secondary N) is 2. The zero-order chi connectivity index (χ0) is 12.9. The van der Waals surface area contributed by atoms with Crippen molar-refractivity contribution in [2.75, 3.05) is 13.1 Å². The second-order valence-electron chi connectivity index (χ2n) is 4.86. The maximum Gasteiger partial charge on any atom is 0.236 e. The molecule has 0 fully saturated rings. The van der Waals surface area contributed by atoms with Crippen LogP contribution in [0.4, 0.5) is 0 Å². The summed E-state index contributed by atoms with van der Waals surface area (Å²) in [5.74, 6) is 0.0643. The number of carbonyl (C=O) groups is 1. The largest absolute Gasteiger partial charge is 0.355 e. The molecule has 0 aliphatic rings. The fraction of sp³-hybridized carbons (Fsp3) is 0.615. The lowest BCUT2D eigenvalue weighted by Crippen LogP contribution is -2.46. The van der Waals surface area contributed by atoms with Crippen molar-refractivity contribution in [3.8, 4) is 0 Å². The van der Waals surface area contributed by atoms with E-state index in [1.54, 1.807) is 11.3 Å². The molecule has 3 nitrogen and oxygen atoms in total. The molecule has 0 aromatic carbocycles. The molecule has 1 amide bonds. The molecule has 1 rings (SSSR count). The molecular weight excluding hydrogens is 232 g/mol. The van der Waals surface area contributed by atoms with Crippen LogP contribution in [0.5, 0.6) is 0 Å². The first kappa shape index (κ1) is 14.2. The lowest BCUT2D eigenvalue weighted by molar-refractivity contribution is -0.122. The average Bonchev–Trinajstić information content (AvgIpc) is 2.80. The van der Waals surface area contributed by atoms with E-state index in [-0.39, 0.29) is 17.4 Å². The van der Waals surface area contributed by atoms with Crippen molar-refractivity contribution in [3.63, 3.8) is 0 Å². The minimum Gasteiger partial charge on any atom is -0.355 e. The van der Waals surface area contributed by atoms with Crippen LogP contribution in [0.25, 0.3) is 0 Å². The molecule has 0 bridgehead atoms. The van der Waals surface area contributed by atoms with Gasteiger partial charge in [0.05, 0.1) is 6.04 Å². The lowest BCUT2D eigenvalue weighted by atomic mass is 9.91. The normalized spacial score (nSPS) is 13.4. The molecule has 17 heavy (non-hydrogen) atoms. The molecule has 1 aromatic heterocycles. The van der Waals surface area contributed by atoms with E-state index in [0.717, 1.165) is 6.54 Å². The van der Waals surface area contributed by atoms with E-state index in [1.165, 1.54) is 4.88 Å². The van der Waals surface area contributed by atoms with E-state index in [2.05, 4.69) is 42.0 Å². The topological polar surface area (TPSA) is 41.1 Å². The molecule has 1 heterocycles. The Morgan fingerprint density at radius 2 is 2.24 bits per heavy atom. The van der Waals surface area contributed by atoms with E-state index in [4.69, 9.17) is 0 Å². The van der Waals surface area contributed by atoms with Gasteiger partial charge in [0, 0.05) is 23.4 Å². The molecule has 1 unspecified atom stereocenters. The fourth-order valence-electron chi connectivity index (χ4n) is 1.58. The standard InChI is InChI=1S/C13H22N2OS/c1-5-14-12(16)10(2)15-9-13(3,4)11-7-6-8-17-11/h6-8,10,15H,5,9H2,1-4H3,(H,14,16). The van der Waals surface area contributed by atoms with Crippen LogP contribution in [0.3, 0.4) is 0 Å². The quantitative estimate of drug-likeness (QED) is 0.816. The first-order chi connectivity index (χ1) is 7.97. The second-order valence-corrected chi connectivity index (χ2v) is 5.81. The highest BCUT2D eigenvalue weighted by atomic mass is 32.1. The van der Waals surface area contributed by atoms with Gasteiger partial charge in [-0.1, -0.05) is 19.9 Å². The maximum absolute atomic E-state index is 11.6. The van der Waals surface area contributed by atoms with Crippen molar-refractivity contribution in [3.05, 3.63) is 22.4 Å². The number of carbonyl (C=O) groups excluding carboxylic acids is 1. The predicted molar refractivity (Wildman–Crippen MR) is 73.5 cm³/mol. The van der Waals surface area contributed by atoms with Crippen LogP contribution in [-0.2, 0) is 10.2 Å². The van der Waals surface area contributed by atoms with E-state index >= 15 is 0 Å². The van der Waals surface area contributed by atoms with Crippen molar-refractivity contribution in [2.24, 2.45) is 0 Å². The van der Waals surface area contributed by atoms with Crippen LogP contribution in [-0.4, -0.2) is 25.0 Å². The van der Waals surface area contributed by atoms with E-state index < -0.39 is 0 Å². The number of rotatable bonds is 6. The predicted octanol–water partition coefficient (Wildman–Crippen LogP) is 2.14. The van der Waals surface area contributed by atoms with Gasteiger partial charge in [-0.2, -0.15) is 0 Å². The van der Waals surface area contributed by atoms with Crippen molar-refractivity contribution in [1.82, 2.24) is 10.6 Å². The lowest BCUT2D eigenvalue weighted by Gasteiger charge is -2.25. The molecule has 0 spiro atoms. The highest BCUT2D eigenvalue weighted by Crippen LogP contribution is 2.26. The monoisotopic (exact) mass is 254 g/mol. The summed E-state index contributed by atoms with van der Waals surface area (Å²) in [4.78, 5) is 12.9. The molecule has 4 heteroatoms. The van der Waals surface area contributed by atoms with E-state index in [0.29, 0.717) is 6.54 Å². The first-order valence-corrected chi connectivity index (χ1v) is 6.90. The van der Waals surface area contributed by atoms with Crippen LogP contribution in [0.1, 0.15) is 32.6 Å². The van der Waals surface area contributed by atoms with Gasteiger partial charge in [0.15, 0.2) is 0 Å². The van der Waals surface area contributed by atoms with Crippen molar-refractivity contribution in [2.45, 2.75) is 39.2 Å². The third-order valence-electron chi connectivity index (χ3n) is 2.78. The second kappa shape index (κ2) is 6.17. The summed E-state index contributed by atoms with van der Waals surface area (Å²) in [5.41, 5.74) is 0.0644. The van der Waals surface area contributed by atoms with E-state index in [9.17, 15) is 4.79 Å². The molecule has 2 N–H and O–H groups in total. The molecule has 0 radical (unpaired) electrons. The van der Waals surface area contributed by atoms with Crippen LogP contribution in [0.15, 0.2) is 17.5 Å². The maximum atomic E-state index is 11.6. The Bertz CT molecular complexity index is 346. The van der Waals surface area contributed by atoms with Crippen molar-refractivity contribution < 1.29 is 4.79 Å². The summed E-state index contributed by atoms with van der Waals surface area (Å²) in [5, 5.41) is 8.20. The Morgan fingerprint density at radius 3 is 2.76 bits per heavy atom. The Balaban J connectivity index is 2.47. The minimum atomic E-state index is -0.144. The summed E-state index contributed by atoms with van der Waals surface area (Å²) >= 11 is 1.76. The number of amides is 1. The molecule has 0 aliphatic heterocycles. The van der Waals surface area contributed by atoms with Gasteiger partial charge in [0.2, 0.25) is 5.91 Å². The molecule has 1 atom stereocenters. The van der Waals surface area contributed by atoms with Gasteiger partial charge in [-0.3, -0.25) is 4.79 Å². The third kappa shape index (κ3) is 4.13. The van der Waals surface area contributed by atoms with Gasteiger partial charge in [-0.25, -0.2) is 0 Å². The molecule has 1 aromatic rings. The van der Waals surface area contributed by atoms with Gasteiger partial charge >= 0.3 is 0 Å². The highest BCUT2D eigenvalue weighted by molar-refractivity contribution is 7.10. The van der Waals surface area contributed by atoms with Crippen LogP contribution in [0.2, 0.25) is 0 Å². The Hall–Kier alpha value is -0.870. The van der Waals surface area contributed by atoms with Crippen LogP contribution < -0.4 is 10.6 Å². The molecular formula is C13H22N2OS. The van der Waals surface area contributed by atoms with Crippen molar-refractivity contribution >= 4 is 17.2 Å². The van der Waals surface area contributed by atoms with Gasteiger partial charge in [-0.05, 0) is 25.3 Å². The third-order valence-corrected chi connectivity index (χ3v) is 4.02. The summed E-state index contributed by atoms with van der Waals surface area (Å²) in [6.45, 7) is 9.69. The Labute approximate surface area is 108 Å². The molecule has 0 saturated carbocycles. The fourth-order valence-corrected chi connectivity index (χ4v) is 2.43. The van der Waals surface area contributed by atoms with Crippen molar-refractivity contribution in [1.29, 1.82) is 0 Å². The number of thiophene rings is 1. The SMILES string of the molecule is CCNC(=O)C(C)NCC(C)(C)c1cccs1. The summed E-state index contributed by atoms with van der Waals surface area (Å²) in [6.07, 6.45) is 0. The first-order valence-electron chi connectivity index (χ1n) is 6.02. The zero-order valence-corrected chi connectivity index (χ0v) is 11.9. The van der Waals surface area contributed by atoms with Gasteiger partial charge in [-0.15, -0.1) is 11.3 Å². The summed E-state index contributed by atoms with van der Waals surface area (Å²) in [7, 11) is 0. The van der Waals surface area contributed by atoms with Crippen LogP contribution in [0, 0.1) is 0 Å². The summed E-state index contributed by atoms with van der Waals surface area (Å²) in [6, 6.07) is 4.06. The smallest absolute Gasteiger partial charge is 0.236 e. The van der Waals surface area contributed by atoms with Crippen LogP contribution >= 0.6 is 11.3 Å². The van der Waals surface area contributed by atoms with E-state index in [1.807, 2.05) is 13.8 Å². The molecule has 96 valence electrons. The number of hydrogen-bond donors (Lipinski definition) is 2. The van der Waals surface area contributed by atoms with Gasteiger partial charge < -0.3 is 10.6 Å². The Kier molecular flexibility index (Phi) is 5.15. The Morgan fingerprint density at radius 1 is 1.53 bits per heavy atom. The number of likely N-dealkylation sites (N-methyl/N-ethyl adjacent to an activating group) is 1. The van der Waals surface area contributed by atoms with Gasteiger partial charge in [0.25, 0.3) is 0 Å². The minimum absolute atomic E-state index is 0.0643. The molecule has 0 aliphatic carbocycles. The number of hydrogen-bond acceptors (Lipinski definition) is 3. The average molecular weight is 254 g/mol. The summed E-state index contributed by atoms with van der Waals surface area (Å²) < 4.78 is 0. The zero-order valence-electron chi connectivity index (χ0n) is 11.0. The van der Waals surface area contributed by atoms with Gasteiger partial charge in [0.1, 0.15) is 0 Å². The highest BCUT2D eigenvalue weighted by Gasteiger charge is 2.23. The molecule has 0 saturated heterocycles.